The van der Waals surface area contributed by atoms with Gasteiger partial charge in [-0.25, -0.2) is 4.79 Å². The van der Waals surface area contributed by atoms with Crippen LogP contribution in [0.3, 0.4) is 0 Å². The molecule has 202 valence electrons. The van der Waals surface area contributed by atoms with E-state index in [-0.39, 0.29) is 24.8 Å². The van der Waals surface area contributed by atoms with Gasteiger partial charge in [-0.15, -0.1) is 0 Å². The summed E-state index contributed by atoms with van der Waals surface area (Å²) in [5.74, 6) is 1.93. The number of benzene rings is 2. The molecule has 38 heavy (non-hydrogen) atoms. The number of hydrogen-bond acceptors (Lipinski definition) is 7. The molecule has 0 radical (unpaired) electrons. The lowest BCUT2D eigenvalue weighted by Crippen LogP contribution is -2.47. The molecule has 1 saturated heterocycles. The third-order valence-corrected chi connectivity index (χ3v) is 7.42. The number of piperidine rings is 1. The largest absolute Gasteiger partial charge is 0.497 e. The maximum Gasteiger partial charge on any atom is 0.407 e. The average molecular weight is 524 g/mol. The van der Waals surface area contributed by atoms with Gasteiger partial charge < -0.3 is 38.8 Å². The van der Waals surface area contributed by atoms with Crippen molar-refractivity contribution in [2.45, 2.75) is 38.6 Å². The van der Waals surface area contributed by atoms with Gasteiger partial charge in [0.1, 0.15) is 19.0 Å². The Morgan fingerprint density at radius 3 is 2.53 bits per heavy atom. The highest BCUT2D eigenvalue weighted by atomic mass is 16.6. The number of likely N-dealkylation sites (tertiary alicyclic amines) is 1. The van der Waals surface area contributed by atoms with E-state index >= 15 is 0 Å². The first-order valence-corrected chi connectivity index (χ1v) is 12.9. The lowest BCUT2D eigenvalue weighted by atomic mass is 10.0. The number of aromatic nitrogens is 1. The normalized spacial score (nSPS) is 15.9. The third kappa shape index (κ3) is 5.41. The van der Waals surface area contributed by atoms with Gasteiger partial charge >= 0.3 is 6.09 Å². The van der Waals surface area contributed by atoms with E-state index in [2.05, 4.69) is 4.90 Å². The van der Waals surface area contributed by atoms with Crippen LogP contribution < -0.4 is 19.8 Å². The molecule has 0 bridgehead atoms. The molecule has 0 saturated carbocycles. The van der Waals surface area contributed by atoms with E-state index in [0.717, 1.165) is 29.6 Å². The number of nitrogens with zero attached hydrogens (tertiary/aromatic N) is 3. The van der Waals surface area contributed by atoms with Gasteiger partial charge in [-0.2, -0.15) is 0 Å². The van der Waals surface area contributed by atoms with Crippen LogP contribution in [0.2, 0.25) is 0 Å². The van der Waals surface area contributed by atoms with Gasteiger partial charge in [0.25, 0.3) is 5.56 Å². The summed E-state index contributed by atoms with van der Waals surface area (Å²) in [5, 5.41) is 20.6. The number of carbonyl (C=O) groups is 1. The zero-order valence-corrected chi connectivity index (χ0v) is 21.5. The zero-order valence-electron chi connectivity index (χ0n) is 21.5. The Labute approximate surface area is 220 Å². The molecule has 2 N–H and O–H groups in total. The molecule has 10 nitrogen and oxygen atoms in total. The lowest BCUT2D eigenvalue weighted by Gasteiger charge is -2.37. The van der Waals surface area contributed by atoms with E-state index in [0.29, 0.717) is 62.0 Å². The van der Waals surface area contributed by atoms with Crippen LogP contribution >= 0.6 is 0 Å². The van der Waals surface area contributed by atoms with Crippen LogP contribution in [0.1, 0.15) is 24.0 Å². The van der Waals surface area contributed by atoms with Gasteiger partial charge in [-0.1, -0.05) is 6.07 Å². The average Bonchev–Trinajstić information content (AvgIpc) is 2.94. The fraction of sp³-hybridized carbons (Fsp3) is 0.429. The lowest BCUT2D eigenvalue weighted by molar-refractivity contribution is 0.0856. The van der Waals surface area contributed by atoms with Crippen LogP contribution in [0, 0.1) is 0 Å². The summed E-state index contributed by atoms with van der Waals surface area (Å²) in [6.07, 6.45) is 0.488. The van der Waals surface area contributed by atoms with Crippen LogP contribution in [0.4, 0.5) is 4.79 Å². The van der Waals surface area contributed by atoms with Crippen molar-refractivity contribution in [2.24, 2.45) is 0 Å². The number of ether oxygens (including phenoxy) is 3. The van der Waals surface area contributed by atoms with Gasteiger partial charge in [0.15, 0.2) is 11.5 Å². The van der Waals surface area contributed by atoms with Crippen molar-refractivity contribution in [3.63, 3.8) is 0 Å². The third-order valence-electron chi connectivity index (χ3n) is 7.42. The van der Waals surface area contributed by atoms with Crippen molar-refractivity contribution < 1.29 is 29.2 Å². The molecular weight excluding hydrogens is 490 g/mol. The number of pyridine rings is 1. The molecule has 10 heteroatoms. The second kappa shape index (κ2) is 11.3. The van der Waals surface area contributed by atoms with Crippen molar-refractivity contribution >= 4 is 17.0 Å². The van der Waals surface area contributed by atoms with Gasteiger partial charge in [0.2, 0.25) is 0 Å². The van der Waals surface area contributed by atoms with E-state index in [9.17, 15) is 19.8 Å². The summed E-state index contributed by atoms with van der Waals surface area (Å²) in [7, 11) is 1.56. The molecular formula is C28H33N3O7. The highest BCUT2D eigenvalue weighted by molar-refractivity contribution is 5.84. The van der Waals surface area contributed by atoms with Gasteiger partial charge in [-0.3, -0.25) is 4.79 Å². The first-order chi connectivity index (χ1) is 18.5. The molecule has 0 spiro atoms. The van der Waals surface area contributed by atoms with Gasteiger partial charge in [-0.05, 0) is 48.2 Å². The van der Waals surface area contributed by atoms with Crippen molar-refractivity contribution in [3.05, 3.63) is 63.9 Å². The van der Waals surface area contributed by atoms with Crippen molar-refractivity contribution in [1.29, 1.82) is 0 Å². The number of amides is 1. The predicted molar refractivity (Wildman–Crippen MR) is 141 cm³/mol. The number of methoxy groups -OCH3 is 1. The van der Waals surface area contributed by atoms with Crippen LogP contribution in [0.25, 0.3) is 10.9 Å². The second-order valence-electron chi connectivity index (χ2n) is 9.66. The highest BCUT2D eigenvalue weighted by Crippen LogP contribution is 2.32. The molecule has 2 aliphatic rings. The Morgan fingerprint density at radius 2 is 1.82 bits per heavy atom. The molecule has 5 rings (SSSR count). The fourth-order valence-electron chi connectivity index (χ4n) is 5.36. The Hall–Kier alpha value is -3.76. The molecule has 3 heterocycles. The minimum absolute atomic E-state index is 0.0893. The molecule has 1 aromatic heterocycles. The number of rotatable bonds is 8. The molecule has 0 unspecified atom stereocenters. The van der Waals surface area contributed by atoms with Gasteiger partial charge in [0.05, 0.1) is 19.2 Å². The minimum Gasteiger partial charge on any atom is -0.497 e. The summed E-state index contributed by atoms with van der Waals surface area (Å²) in [5.41, 5.74) is 2.20. The van der Waals surface area contributed by atoms with E-state index in [4.69, 9.17) is 14.2 Å². The topological polar surface area (TPSA) is 114 Å². The minimum atomic E-state index is -0.936. The predicted octanol–water partition coefficient (Wildman–Crippen LogP) is 2.92. The first-order valence-electron chi connectivity index (χ1n) is 12.9. The molecule has 0 aliphatic carbocycles. The summed E-state index contributed by atoms with van der Waals surface area (Å²) in [4.78, 5) is 28.7. The quantitative estimate of drug-likeness (QED) is 0.463. The summed E-state index contributed by atoms with van der Waals surface area (Å²) >= 11 is 0. The Kier molecular flexibility index (Phi) is 7.71. The number of fused-ring (bicyclic) bond motifs is 2. The molecule has 2 aliphatic heterocycles. The fourth-order valence-corrected chi connectivity index (χ4v) is 5.36. The summed E-state index contributed by atoms with van der Waals surface area (Å²) < 4.78 is 18.3. The van der Waals surface area contributed by atoms with Crippen molar-refractivity contribution in [2.75, 3.05) is 40.0 Å². The van der Waals surface area contributed by atoms with Crippen molar-refractivity contribution in [1.82, 2.24) is 14.4 Å². The van der Waals surface area contributed by atoms with Crippen LogP contribution in [0.15, 0.2) is 47.3 Å². The Morgan fingerprint density at radius 1 is 1.05 bits per heavy atom. The molecule has 0 atom stereocenters. The van der Waals surface area contributed by atoms with E-state index in [1.807, 2.05) is 24.3 Å². The smallest absolute Gasteiger partial charge is 0.407 e. The monoisotopic (exact) mass is 523 g/mol. The number of carboxylic acid groups (broad SMARTS) is 1. The number of aliphatic hydroxyl groups excluding tert-OH is 1. The molecule has 2 aromatic carbocycles. The second-order valence-corrected chi connectivity index (χ2v) is 9.66. The van der Waals surface area contributed by atoms with Crippen LogP contribution in [0.5, 0.6) is 17.2 Å². The van der Waals surface area contributed by atoms with Crippen molar-refractivity contribution in [3.8, 4) is 17.2 Å². The van der Waals surface area contributed by atoms with Crippen LogP contribution in [-0.4, -0.2) is 76.7 Å². The molecule has 3 aromatic rings. The zero-order chi connectivity index (χ0) is 26.6. The first kappa shape index (κ1) is 25.9. The molecule has 1 fully saturated rings. The van der Waals surface area contributed by atoms with E-state index in [1.54, 1.807) is 23.8 Å². The van der Waals surface area contributed by atoms with Crippen LogP contribution in [-0.2, 0) is 19.7 Å². The van der Waals surface area contributed by atoms with Gasteiger partial charge in [0, 0.05) is 56.3 Å². The Balaban J connectivity index is 1.23. The summed E-state index contributed by atoms with van der Waals surface area (Å²) in [6, 6.07) is 12.4. The highest BCUT2D eigenvalue weighted by Gasteiger charge is 2.28. The number of hydrogen-bond donors (Lipinski definition) is 2. The molecule has 1 amide bonds. The van der Waals surface area contributed by atoms with E-state index in [1.165, 1.54) is 11.0 Å². The van der Waals surface area contributed by atoms with E-state index < -0.39 is 6.09 Å². The summed E-state index contributed by atoms with van der Waals surface area (Å²) in [6.45, 7) is 3.76. The maximum absolute atomic E-state index is 12.7. The maximum atomic E-state index is 12.7. The SMILES string of the molecule is COc1cc(CO)c2ccc(=O)n(CCN3CCC(N(Cc4ccc5c(c4)OCCO5)C(=O)O)CC3)c2c1. The Bertz CT molecular complexity index is 1360. The number of aliphatic hydroxyl groups is 1. The standard InChI is InChI=1S/C28H33N3O7/c1-36-22-15-20(18-32)23-3-5-27(33)30(24(23)16-22)11-10-29-8-6-21(7-9-29)31(28(34)35)17-19-2-4-25-26(14-19)38-13-12-37-25/h2-5,14-16,21,32H,6-13,17-18H2,1H3,(H,34,35).